The second kappa shape index (κ2) is 6.43. The molecule has 1 amide bonds. The number of carbonyl (C=O) groups excluding carboxylic acids is 1. The molecule has 1 aliphatic rings. The normalized spacial score (nSPS) is 16.0. The van der Waals surface area contributed by atoms with Crippen LogP contribution in [0.2, 0.25) is 0 Å². The number of nitrogens with zero attached hydrogens (tertiary/aromatic N) is 3. The molecule has 0 fully saturated rings. The Morgan fingerprint density at radius 1 is 1.32 bits per heavy atom. The molecule has 0 saturated heterocycles. The van der Waals surface area contributed by atoms with Gasteiger partial charge in [-0.05, 0) is 24.6 Å². The number of hydrogen-bond acceptors (Lipinski definition) is 5. The van der Waals surface area contributed by atoms with Gasteiger partial charge in [-0.15, -0.1) is 0 Å². The Kier molecular flexibility index (Phi) is 3.97. The first-order valence-corrected chi connectivity index (χ1v) is 8.17. The summed E-state index contributed by atoms with van der Waals surface area (Å²) in [6, 6.07) is 7.58. The highest BCUT2D eigenvalue weighted by Gasteiger charge is 2.21. The second-order valence-electron chi connectivity index (χ2n) is 6.00. The van der Waals surface area contributed by atoms with E-state index >= 15 is 0 Å². The first-order chi connectivity index (χ1) is 12.2. The lowest BCUT2D eigenvalue weighted by molar-refractivity contribution is 0.0813. The predicted molar refractivity (Wildman–Crippen MR) is 91.0 cm³/mol. The van der Waals surface area contributed by atoms with E-state index < -0.39 is 0 Å². The standard InChI is InChI=1S/C18H18N4O3/c1-12-8-20-17-14(9-21-22(17)10-12)18(23)19-7-6-13-11-24-15-4-2-3-5-16(15)25-13/h2-5,8-10,13H,6-7,11H2,1H3,(H,19,23). The minimum atomic E-state index is -0.191. The Balaban J connectivity index is 1.35. The maximum absolute atomic E-state index is 12.4. The molecule has 0 aliphatic carbocycles. The van der Waals surface area contributed by atoms with Crippen LogP contribution in [0.15, 0.2) is 42.9 Å². The molecule has 1 N–H and O–H groups in total. The van der Waals surface area contributed by atoms with E-state index in [1.54, 1.807) is 10.7 Å². The fourth-order valence-electron chi connectivity index (χ4n) is 2.78. The number of fused-ring (bicyclic) bond motifs is 2. The topological polar surface area (TPSA) is 77.8 Å². The molecule has 0 bridgehead atoms. The van der Waals surface area contributed by atoms with Crippen LogP contribution >= 0.6 is 0 Å². The van der Waals surface area contributed by atoms with Crippen LogP contribution < -0.4 is 14.8 Å². The number of rotatable bonds is 4. The average molecular weight is 338 g/mol. The maximum Gasteiger partial charge on any atom is 0.256 e. The van der Waals surface area contributed by atoms with Crippen molar-refractivity contribution < 1.29 is 14.3 Å². The second-order valence-corrected chi connectivity index (χ2v) is 6.00. The van der Waals surface area contributed by atoms with E-state index in [0.717, 1.165) is 17.1 Å². The number of hydrogen-bond donors (Lipinski definition) is 1. The summed E-state index contributed by atoms with van der Waals surface area (Å²) in [4.78, 5) is 16.6. The van der Waals surface area contributed by atoms with Crippen molar-refractivity contribution in [3.63, 3.8) is 0 Å². The number of nitrogens with one attached hydrogen (secondary N) is 1. The number of amides is 1. The zero-order chi connectivity index (χ0) is 17.2. The van der Waals surface area contributed by atoms with E-state index in [-0.39, 0.29) is 12.0 Å². The highest BCUT2D eigenvalue weighted by Crippen LogP contribution is 2.31. The Hall–Kier alpha value is -3.09. The molecule has 2 aromatic heterocycles. The maximum atomic E-state index is 12.4. The summed E-state index contributed by atoms with van der Waals surface area (Å²) in [5.41, 5.74) is 2.00. The van der Waals surface area contributed by atoms with Crippen LogP contribution in [0.25, 0.3) is 5.65 Å². The number of ether oxygens (including phenoxy) is 2. The van der Waals surface area contributed by atoms with Crippen molar-refractivity contribution in [3.8, 4) is 11.5 Å². The van der Waals surface area contributed by atoms with E-state index in [2.05, 4.69) is 15.4 Å². The van der Waals surface area contributed by atoms with Crippen molar-refractivity contribution in [1.29, 1.82) is 0 Å². The summed E-state index contributed by atoms with van der Waals surface area (Å²) in [6.07, 6.45) is 5.67. The first-order valence-electron chi connectivity index (χ1n) is 8.17. The summed E-state index contributed by atoms with van der Waals surface area (Å²) in [6.45, 7) is 2.89. The molecule has 1 unspecified atom stereocenters. The van der Waals surface area contributed by atoms with E-state index in [9.17, 15) is 4.79 Å². The van der Waals surface area contributed by atoms with Crippen molar-refractivity contribution in [3.05, 3.63) is 54.0 Å². The van der Waals surface area contributed by atoms with Gasteiger partial charge in [0, 0.05) is 25.4 Å². The Morgan fingerprint density at radius 3 is 3.04 bits per heavy atom. The van der Waals surface area contributed by atoms with Crippen LogP contribution in [0, 0.1) is 6.92 Å². The van der Waals surface area contributed by atoms with Crippen LogP contribution in [-0.2, 0) is 0 Å². The Morgan fingerprint density at radius 2 is 2.16 bits per heavy atom. The van der Waals surface area contributed by atoms with Crippen molar-refractivity contribution in [1.82, 2.24) is 19.9 Å². The van der Waals surface area contributed by atoms with Crippen LogP contribution in [0.3, 0.4) is 0 Å². The monoisotopic (exact) mass is 338 g/mol. The summed E-state index contributed by atoms with van der Waals surface area (Å²) >= 11 is 0. The fourth-order valence-corrected chi connectivity index (χ4v) is 2.78. The summed E-state index contributed by atoms with van der Waals surface area (Å²) in [5, 5.41) is 7.07. The van der Waals surface area contributed by atoms with Gasteiger partial charge in [-0.2, -0.15) is 5.10 Å². The number of carbonyl (C=O) groups is 1. The van der Waals surface area contributed by atoms with Crippen molar-refractivity contribution in [2.24, 2.45) is 0 Å². The molecule has 0 spiro atoms. The number of aryl methyl sites for hydroxylation is 1. The molecule has 3 aromatic rings. The van der Waals surface area contributed by atoms with Gasteiger partial charge in [0.15, 0.2) is 17.1 Å². The Labute approximate surface area is 144 Å². The van der Waals surface area contributed by atoms with E-state index in [1.807, 2.05) is 37.4 Å². The van der Waals surface area contributed by atoms with Crippen LogP contribution in [-0.4, -0.2) is 39.8 Å². The van der Waals surface area contributed by atoms with Gasteiger partial charge >= 0.3 is 0 Å². The highest BCUT2D eigenvalue weighted by atomic mass is 16.6. The number of benzene rings is 1. The molecule has 7 nitrogen and oxygen atoms in total. The van der Waals surface area contributed by atoms with Crippen molar-refractivity contribution in [2.45, 2.75) is 19.4 Å². The molecule has 1 atom stereocenters. The lowest BCUT2D eigenvalue weighted by Gasteiger charge is -2.26. The van der Waals surface area contributed by atoms with Crippen LogP contribution in [0.5, 0.6) is 11.5 Å². The van der Waals surface area contributed by atoms with Gasteiger partial charge in [-0.1, -0.05) is 12.1 Å². The van der Waals surface area contributed by atoms with Crippen LogP contribution in [0.4, 0.5) is 0 Å². The molecule has 4 rings (SSSR count). The molecule has 0 saturated carbocycles. The SMILES string of the molecule is Cc1cnc2c(C(=O)NCCC3COc4ccccc4O3)cnn2c1. The van der Waals surface area contributed by atoms with Gasteiger partial charge in [0.25, 0.3) is 5.91 Å². The molecular formula is C18H18N4O3. The first kappa shape index (κ1) is 15.4. The predicted octanol–water partition coefficient (Wildman–Crippen LogP) is 2.00. The van der Waals surface area contributed by atoms with Gasteiger partial charge in [0.2, 0.25) is 0 Å². The molecule has 128 valence electrons. The largest absolute Gasteiger partial charge is 0.486 e. The summed E-state index contributed by atoms with van der Waals surface area (Å²) < 4.78 is 13.2. The summed E-state index contributed by atoms with van der Waals surface area (Å²) in [7, 11) is 0. The van der Waals surface area contributed by atoms with Gasteiger partial charge in [0.05, 0.1) is 6.20 Å². The third-order valence-electron chi connectivity index (χ3n) is 4.05. The smallest absolute Gasteiger partial charge is 0.256 e. The molecule has 1 aliphatic heterocycles. The minimum Gasteiger partial charge on any atom is -0.486 e. The van der Waals surface area contributed by atoms with Gasteiger partial charge in [-0.3, -0.25) is 4.79 Å². The van der Waals surface area contributed by atoms with Crippen LogP contribution in [0.1, 0.15) is 22.3 Å². The molecule has 1 aromatic carbocycles. The van der Waals surface area contributed by atoms with E-state index in [4.69, 9.17) is 9.47 Å². The van der Waals surface area contributed by atoms with Crippen molar-refractivity contribution in [2.75, 3.05) is 13.2 Å². The molecule has 0 radical (unpaired) electrons. The zero-order valence-corrected chi connectivity index (χ0v) is 13.8. The van der Waals surface area contributed by atoms with Gasteiger partial charge in [-0.25, -0.2) is 9.50 Å². The number of para-hydroxylation sites is 2. The molecule has 7 heteroatoms. The molecular weight excluding hydrogens is 320 g/mol. The van der Waals surface area contributed by atoms with E-state index in [0.29, 0.717) is 30.8 Å². The minimum absolute atomic E-state index is 0.0834. The highest BCUT2D eigenvalue weighted by molar-refractivity contribution is 5.99. The lowest BCUT2D eigenvalue weighted by Crippen LogP contribution is -2.34. The lowest BCUT2D eigenvalue weighted by atomic mass is 10.2. The van der Waals surface area contributed by atoms with E-state index in [1.165, 1.54) is 6.20 Å². The number of aromatic nitrogens is 3. The zero-order valence-electron chi connectivity index (χ0n) is 13.8. The summed E-state index contributed by atoms with van der Waals surface area (Å²) in [5.74, 6) is 1.31. The molecule has 25 heavy (non-hydrogen) atoms. The van der Waals surface area contributed by atoms with Crippen molar-refractivity contribution >= 4 is 11.6 Å². The third-order valence-corrected chi connectivity index (χ3v) is 4.05. The average Bonchev–Trinajstić information content (AvgIpc) is 3.04. The fraction of sp³-hybridized carbons (Fsp3) is 0.278. The quantitative estimate of drug-likeness (QED) is 0.787. The third kappa shape index (κ3) is 3.13. The van der Waals surface area contributed by atoms with Gasteiger partial charge in [0.1, 0.15) is 18.3 Å². The Bertz CT molecular complexity index is 922. The van der Waals surface area contributed by atoms with Gasteiger partial charge < -0.3 is 14.8 Å². The molecule has 3 heterocycles.